The number of halogens is 5. The summed E-state index contributed by atoms with van der Waals surface area (Å²) < 4.78 is 39.8. The second kappa shape index (κ2) is 8.31. The highest BCUT2D eigenvalue weighted by Gasteiger charge is 2.37. The Balaban J connectivity index is 2.14. The first-order chi connectivity index (χ1) is 13.2. The van der Waals surface area contributed by atoms with Gasteiger partial charge in [0.2, 0.25) is 0 Å². The first-order valence-electron chi connectivity index (χ1n) is 8.79. The van der Waals surface area contributed by atoms with Crippen LogP contribution in [0.5, 0.6) is 0 Å². The summed E-state index contributed by atoms with van der Waals surface area (Å²) in [6.45, 7) is 0.456. The summed E-state index contributed by atoms with van der Waals surface area (Å²) in [7, 11) is 0. The Morgan fingerprint density at radius 1 is 1.07 bits per heavy atom. The van der Waals surface area contributed by atoms with Gasteiger partial charge in [0.15, 0.2) is 0 Å². The minimum absolute atomic E-state index is 0.264. The number of benzene rings is 2. The first kappa shape index (κ1) is 21.0. The van der Waals surface area contributed by atoms with E-state index in [1.165, 1.54) is 6.07 Å². The molecule has 1 N–H and O–H groups in total. The number of hydrogen-bond donors (Lipinski definition) is 1. The molecule has 1 aliphatic rings. The zero-order valence-electron chi connectivity index (χ0n) is 14.7. The lowest BCUT2D eigenvalue weighted by molar-refractivity contribution is -0.145. The number of alkyl halides is 3. The Morgan fingerprint density at radius 3 is 2.43 bits per heavy atom. The molecule has 1 aliphatic heterocycles. The Morgan fingerprint density at radius 2 is 1.79 bits per heavy atom. The number of carboxylic acids is 1. The lowest BCUT2D eigenvalue weighted by Gasteiger charge is -2.40. The van der Waals surface area contributed by atoms with Crippen molar-refractivity contribution in [2.45, 2.75) is 37.5 Å². The van der Waals surface area contributed by atoms with Crippen molar-refractivity contribution in [3.8, 4) is 0 Å². The van der Waals surface area contributed by atoms with Gasteiger partial charge in [0.1, 0.15) is 6.04 Å². The summed E-state index contributed by atoms with van der Waals surface area (Å²) in [5, 5.41) is 10.2. The van der Waals surface area contributed by atoms with Crippen molar-refractivity contribution >= 4 is 29.2 Å². The highest BCUT2D eigenvalue weighted by molar-refractivity contribution is 6.42. The van der Waals surface area contributed by atoms with Crippen LogP contribution in [0.4, 0.5) is 13.2 Å². The van der Waals surface area contributed by atoms with Crippen LogP contribution in [0.15, 0.2) is 42.5 Å². The van der Waals surface area contributed by atoms with E-state index in [1.54, 1.807) is 29.2 Å². The smallest absolute Gasteiger partial charge is 0.416 e. The summed E-state index contributed by atoms with van der Waals surface area (Å²) in [5.41, 5.74) is 0.183. The molecule has 0 saturated carbocycles. The maximum absolute atomic E-state index is 13.3. The van der Waals surface area contributed by atoms with Gasteiger partial charge >= 0.3 is 12.1 Å². The molecule has 0 radical (unpaired) electrons. The van der Waals surface area contributed by atoms with Crippen LogP contribution in [-0.4, -0.2) is 28.6 Å². The van der Waals surface area contributed by atoms with E-state index in [0.717, 1.165) is 25.0 Å². The van der Waals surface area contributed by atoms with Gasteiger partial charge in [-0.3, -0.25) is 9.69 Å². The summed E-state index contributed by atoms with van der Waals surface area (Å²) in [6, 6.07) is 8.34. The highest BCUT2D eigenvalue weighted by atomic mass is 35.5. The van der Waals surface area contributed by atoms with Crippen molar-refractivity contribution in [1.29, 1.82) is 0 Å². The Bertz CT molecular complexity index is 873. The summed E-state index contributed by atoms with van der Waals surface area (Å²) in [5.74, 6) is -0.989. The van der Waals surface area contributed by atoms with E-state index in [2.05, 4.69) is 0 Å². The number of likely N-dealkylation sites (tertiary alicyclic amines) is 1. The van der Waals surface area contributed by atoms with Crippen molar-refractivity contribution in [1.82, 2.24) is 4.90 Å². The lowest BCUT2D eigenvalue weighted by Crippen LogP contribution is -2.46. The van der Waals surface area contributed by atoms with Crippen LogP contribution in [-0.2, 0) is 11.0 Å². The average molecular weight is 432 g/mol. The topological polar surface area (TPSA) is 40.5 Å². The molecule has 3 rings (SSSR count). The summed E-state index contributed by atoms with van der Waals surface area (Å²) in [6.07, 6.45) is -2.54. The van der Waals surface area contributed by atoms with Crippen LogP contribution in [0.1, 0.15) is 42.0 Å². The standard InChI is InChI=1S/C20H18Cl2F3NO2/c21-15-8-7-13(11-16(15)22)18(26-9-2-1-6-17(26)19(27)28)12-4-3-5-14(10-12)20(23,24)25/h3-5,7-8,10-11,17-18H,1-2,6,9H2,(H,27,28). The fourth-order valence-electron chi connectivity index (χ4n) is 3.67. The van der Waals surface area contributed by atoms with Crippen LogP contribution >= 0.6 is 23.2 Å². The van der Waals surface area contributed by atoms with Crippen molar-refractivity contribution in [2.75, 3.05) is 6.54 Å². The second-order valence-corrected chi connectivity index (χ2v) is 7.60. The summed E-state index contributed by atoms with van der Waals surface area (Å²) in [4.78, 5) is 13.5. The van der Waals surface area contributed by atoms with Crippen molar-refractivity contribution in [3.05, 3.63) is 69.2 Å². The number of carboxylic acid groups (broad SMARTS) is 1. The van der Waals surface area contributed by atoms with Gasteiger partial charge in [-0.05, 0) is 54.8 Å². The van der Waals surface area contributed by atoms with E-state index in [0.29, 0.717) is 29.1 Å². The second-order valence-electron chi connectivity index (χ2n) is 6.79. The van der Waals surface area contributed by atoms with Crippen molar-refractivity contribution in [3.63, 3.8) is 0 Å². The minimum Gasteiger partial charge on any atom is -0.480 e. The molecule has 0 aliphatic carbocycles. The van der Waals surface area contributed by atoms with Gasteiger partial charge < -0.3 is 5.11 Å². The molecule has 2 unspecified atom stereocenters. The van der Waals surface area contributed by atoms with Crippen LogP contribution < -0.4 is 0 Å². The highest BCUT2D eigenvalue weighted by Crippen LogP contribution is 2.38. The van der Waals surface area contributed by atoms with Crippen LogP contribution in [0.3, 0.4) is 0 Å². The molecule has 2 atom stereocenters. The van der Waals surface area contributed by atoms with E-state index in [1.807, 2.05) is 0 Å². The third kappa shape index (κ3) is 4.45. The van der Waals surface area contributed by atoms with E-state index >= 15 is 0 Å². The van der Waals surface area contributed by atoms with Gasteiger partial charge in [0.05, 0.1) is 21.7 Å². The molecule has 150 valence electrons. The number of aliphatic carboxylic acids is 1. The lowest BCUT2D eigenvalue weighted by atomic mass is 9.91. The molecule has 3 nitrogen and oxygen atoms in total. The minimum atomic E-state index is -4.49. The SMILES string of the molecule is O=C(O)C1CCCCN1C(c1cccc(C(F)(F)F)c1)c1ccc(Cl)c(Cl)c1. The van der Waals surface area contributed by atoms with Crippen LogP contribution in [0.2, 0.25) is 10.0 Å². The molecule has 0 aromatic heterocycles. The maximum atomic E-state index is 13.3. The molecular weight excluding hydrogens is 414 g/mol. The van der Waals surface area contributed by atoms with E-state index < -0.39 is 29.8 Å². The third-order valence-corrected chi connectivity index (χ3v) is 5.69. The Labute approximate surface area is 170 Å². The van der Waals surface area contributed by atoms with Crippen molar-refractivity contribution in [2.24, 2.45) is 0 Å². The molecule has 1 fully saturated rings. The fraction of sp³-hybridized carbons (Fsp3) is 0.350. The third-order valence-electron chi connectivity index (χ3n) is 4.95. The van der Waals surface area contributed by atoms with E-state index in [-0.39, 0.29) is 5.02 Å². The average Bonchev–Trinajstić information content (AvgIpc) is 2.65. The predicted octanol–water partition coefficient (Wildman–Crippen LogP) is 6.04. The Hall–Kier alpha value is -1.76. The number of hydrogen-bond acceptors (Lipinski definition) is 2. The largest absolute Gasteiger partial charge is 0.480 e. The molecule has 0 spiro atoms. The molecule has 2 aromatic carbocycles. The molecular formula is C20H18Cl2F3NO2. The van der Waals surface area contributed by atoms with Gasteiger partial charge in [0.25, 0.3) is 0 Å². The van der Waals surface area contributed by atoms with E-state index in [4.69, 9.17) is 23.2 Å². The van der Waals surface area contributed by atoms with E-state index in [9.17, 15) is 23.1 Å². The predicted molar refractivity (Wildman–Crippen MR) is 102 cm³/mol. The van der Waals surface area contributed by atoms with Crippen LogP contribution in [0.25, 0.3) is 0 Å². The molecule has 0 bridgehead atoms. The number of carbonyl (C=O) groups is 1. The molecule has 8 heteroatoms. The normalized spacial score (nSPS) is 19.4. The monoisotopic (exact) mass is 431 g/mol. The zero-order chi connectivity index (χ0) is 20.5. The zero-order valence-corrected chi connectivity index (χ0v) is 16.2. The van der Waals surface area contributed by atoms with Crippen molar-refractivity contribution < 1.29 is 23.1 Å². The number of piperidine rings is 1. The molecule has 0 amide bonds. The van der Waals surface area contributed by atoms with Gasteiger partial charge in [-0.1, -0.05) is 47.8 Å². The number of nitrogens with zero attached hydrogens (tertiary/aromatic N) is 1. The van der Waals surface area contributed by atoms with Crippen LogP contribution in [0, 0.1) is 0 Å². The molecule has 1 saturated heterocycles. The Kier molecular flexibility index (Phi) is 6.22. The number of rotatable bonds is 4. The van der Waals surface area contributed by atoms with Gasteiger partial charge in [-0.15, -0.1) is 0 Å². The van der Waals surface area contributed by atoms with Gasteiger partial charge in [-0.25, -0.2) is 0 Å². The maximum Gasteiger partial charge on any atom is 0.416 e. The van der Waals surface area contributed by atoms with Gasteiger partial charge in [-0.2, -0.15) is 13.2 Å². The molecule has 1 heterocycles. The first-order valence-corrected chi connectivity index (χ1v) is 9.54. The molecule has 28 heavy (non-hydrogen) atoms. The fourth-order valence-corrected chi connectivity index (χ4v) is 3.98. The summed E-state index contributed by atoms with van der Waals surface area (Å²) >= 11 is 12.1. The molecule has 2 aromatic rings. The van der Waals surface area contributed by atoms with Gasteiger partial charge in [0, 0.05) is 0 Å². The quantitative estimate of drug-likeness (QED) is 0.641.